The van der Waals surface area contributed by atoms with E-state index in [4.69, 9.17) is 4.74 Å². The van der Waals surface area contributed by atoms with Gasteiger partial charge in [0.1, 0.15) is 5.75 Å². The Hall–Kier alpha value is -2.07. The first-order valence-electron chi connectivity index (χ1n) is 6.94. The van der Waals surface area contributed by atoms with E-state index in [9.17, 15) is 4.79 Å². The normalized spacial score (nSPS) is 10.7. The predicted molar refractivity (Wildman–Crippen MR) is 92.8 cm³/mol. The molecular weight excluding hydrogens is 342 g/mol. The number of rotatable bonds is 5. The third-order valence-corrected chi connectivity index (χ3v) is 3.90. The van der Waals surface area contributed by atoms with E-state index in [0.717, 1.165) is 21.3 Å². The summed E-state index contributed by atoms with van der Waals surface area (Å²) in [6.45, 7) is 2.46. The van der Waals surface area contributed by atoms with Gasteiger partial charge >= 0.3 is 0 Å². The van der Waals surface area contributed by atoms with Gasteiger partial charge in [0.2, 0.25) is 5.91 Å². The molecular formula is C18H18BrNO2. The van der Waals surface area contributed by atoms with Crippen LogP contribution in [0.3, 0.4) is 0 Å². The van der Waals surface area contributed by atoms with Crippen molar-refractivity contribution in [2.45, 2.75) is 13.5 Å². The molecule has 3 nitrogen and oxygen atoms in total. The average Bonchev–Trinajstić information content (AvgIpc) is 2.52. The molecule has 0 fully saturated rings. The summed E-state index contributed by atoms with van der Waals surface area (Å²) >= 11 is 3.49. The van der Waals surface area contributed by atoms with Gasteiger partial charge < -0.3 is 10.1 Å². The van der Waals surface area contributed by atoms with Gasteiger partial charge in [-0.3, -0.25) is 4.79 Å². The van der Waals surface area contributed by atoms with E-state index < -0.39 is 0 Å². The average molecular weight is 360 g/mol. The second-order valence-electron chi connectivity index (χ2n) is 4.89. The highest BCUT2D eigenvalue weighted by molar-refractivity contribution is 9.10. The highest BCUT2D eigenvalue weighted by atomic mass is 79.9. The molecule has 2 aromatic rings. The maximum atomic E-state index is 11.9. The molecule has 0 bridgehead atoms. The Kier molecular flexibility index (Phi) is 5.78. The van der Waals surface area contributed by atoms with Crippen molar-refractivity contribution in [1.82, 2.24) is 5.32 Å². The summed E-state index contributed by atoms with van der Waals surface area (Å²) in [6.07, 6.45) is 3.33. The highest BCUT2D eigenvalue weighted by Crippen LogP contribution is 2.19. The van der Waals surface area contributed by atoms with Crippen molar-refractivity contribution < 1.29 is 9.53 Å². The van der Waals surface area contributed by atoms with Gasteiger partial charge in [0.05, 0.1) is 7.11 Å². The van der Waals surface area contributed by atoms with Gasteiger partial charge in [0.25, 0.3) is 0 Å². The summed E-state index contributed by atoms with van der Waals surface area (Å²) in [5.41, 5.74) is 3.09. The Morgan fingerprint density at radius 3 is 2.77 bits per heavy atom. The third kappa shape index (κ3) is 4.46. The third-order valence-electron chi connectivity index (χ3n) is 3.22. The van der Waals surface area contributed by atoms with Crippen LogP contribution >= 0.6 is 15.9 Å². The van der Waals surface area contributed by atoms with Gasteiger partial charge in [-0.05, 0) is 36.3 Å². The van der Waals surface area contributed by atoms with Crippen molar-refractivity contribution in [1.29, 1.82) is 0 Å². The molecule has 2 rings (SSSR count). The molecule has 0 aliphatic rings. The summed E-state index contributed by atoms with van der Waals surface area (Å²) in [5, 5.41) is 2.85. The first-order valence-corrected chi connectivity index (χ1v) is 7.73. The quantitative estimate of drug-likeness (QED) is 0.816. The summed E-state index contributed by atoms with van der Waals surface area (Å²) in [7, 11) is 1.62. The number of benzene rings is 2. The van der Waals surface area contributed by atoms with Crippen molar-refractivity contribution in [2.24, 2.45) is 0 Å². The second-order valence-corrected chi connectivity index (χ2v) is 5.74. The van der Waals surface area contributed by atoms with Crippen LogP contribution in [0, 0.1) is 6.92 Å². The molecule has 0 saturated heterocycles. The lowest BCUT2D eigenvalue weighted by Crippen LogP contribution is -2.20. The van der Waals surface area contributed by atoms with Crippen molar-refractivity contribution in [3.05, 3.63) is 69.7 Å². The van der Waals surface area contributed by atoms with Gasteiger partial charge in [-0.1, -0.05) is 46.3 Å². The van der Waals surface area contributed by atoms with Crippen molar-refractivity contribution in [3.63, 3.8) is 0 Å². The fraction of sp³-hybridized carbons (Fsp3) is 0.167. The fourth-order valence-corrected chi connectivity index (χ4v) is 2.65. The smallest absolute Gasteiger partial charge is 0.244 e. The van der Waals surface area contributed by atoms with Crippen LogP contribution < -0.4 is 10.1 Å². The first kappa shape index (κ1) is 16.3. The number of hydrogen-bond acceptors (Lipinski definition) is 2. The molecule has 0 spiro atoms. The summed E-state index contributed by atoms with van der Waals surface area (Å²) in [5.74, 6) is 0.631. The predicted octanol–water partition coefficient (Wildman–Crippen LogP) is 4.10. The number of methoxy groups -OCH3 is 1. The number of carbonyl (C=O) groups excluding carboxylic acids is 1. The van der Waals surface area contributed by atoms with Crippen LogP contribution in [0.4, 0.5) is 0 Å². The topological polar surface area (TPSA) is 38.3 Å². The summed E-state index contributed by atoms with van der Waals surface area (Å²) in [4.78, 5) is 11.9. The van der Waals surface area contributed by atoms with Gasteiger partial charge in [-0.2, -0.15) is 0 Å². The number of hydrogen-bond donors (Lipinski definition) is 1. The molecule has 1 amide bonds. The first-order chi connectivity index (χ1) is 10.6. The fourth-order valence-electron chi connectivity index (χ4n) is 2.02. The Morgan fingerprint density at radius 1 is 1.27 bits per heavy atom. The van der Waals surface area contributed by atoms with Crippen LogP contribution in [0.5, 0.6) is 5.75 Å². The Bertz CT molecular complexity index is 695. The maximum Gasteiger partial charge on any atom is 0.244 e. The lowest BCUT2D eigenvalue weighted by molar-refractivity contribution is -0.116. The Labute approximate surface area is 139 Å². The summed E-state index contributed by atoms with van der Waals surface area (Å²) < 4.78 is 6.23. The molecule has 1 N–H and O–H groups in total. The van der Waals surface area contributed by atoms with E-state index >= 15 is 0 Å². The number of halogens is 1. The number of carbonyl (C=O) groups is 1. The zero-order valence-corrected chi connectivity index (χ0v) is 14.2. The molecule has 4 heteroatoms. The van der Waals surface area contributed by atoms with Crippen molar-refractivity contribution in [3.8, 4) is 5.75 Å². The SMILES string of the molecule is COc1ccccc1CNC(=O)/C=C/c1ccc(C)cc1Br. The number of ether oxygens (including phenoxy) is 1. The van der Waals surface area contributed by atoms with Crippen LogP contribution in [0.2, 0.25) is 0 Å². The molecule has 0 unspecified atom stereocenters. The zero-order chi connectivity index (χ0) is 15.9. The van der Waals surface area contributed by atoms with E-state index in [0.29, 0.717) is 6.54 Å². The standard InChI is InChI=1S/C18H18BrNO2/c1-13-7-8-14(16(19)11-13)9-10-18(21)20-12-15-5-3-4-6-17(15)22-2/h3-11H,12H2,1-2H3,(H,20,21)/b10-9+. The molecule has 0 saturated carbocycles. The lowest BCUT2D eigenvalue weighted by atomic mass is 10.1. The molecule has 0 aliphatic carbocycles. The highest BCUT2D eigenvalue weighted by Gasteiger charge is 2.03. The Balaban J connectivity index is 1.97. The number of aryl methyl sites for hydroxylation is 1. The van der Waals surface area contributed by atoms with Crippen LogP contribution in [0.25, 0.3) is 6.08 Å². The second kappa shape index (κ2) is 7.80. The molecule has 0 aromatic heterocycles. The maximum absolute atomic E-state index is 11.9. The van der Waals surface area contributed by atoms with Gasteiger partial charge in [-0.15, -0.1) is 0 Å². The molecule has 0 atom stereocenters. The molecule has 2 aromatic carbocycles. The van der Waals surface area contributed by atoms with Crippen molar-refractivity contribution >= 4 is 27.9 Å². The minimum atomic E-state index is -0.140. The van der Waals surface area contributed by atoms with E-state index in [1.54, 1.807) is 13.2 Å². The van der Waals surface area contributed by atoms with E-state index in [1.807, 2.05) is 49.4 Å². The number of nitrogens with one attached hydrogen (secondary N) is 1. The van der Waals surface area contributed by atoms with E-state index in [1.165, 1.54) is 11.6 Å². The molecule has 0 radical (unpaired) electrons. The monoisotopic (exact) mass is 359 g/mol. The zero-order valence-electron chi connectivity index (χ0n) is 12.6. The minimum absolute atomic E-state index is 0.140. The minimum Gasteiger partial charge on any atom is -0.496 e. The van der Waals surface area contributed by atoms with Crippen LogP contribution in [-0.4, -0.2) is 13.0 Å². The van der Waals surface area contributed by atoms with Crippen LogP contribution in [0.1, 0.15) is 16.7 Å². The summed E-state index contributed by atoms with van der Waals surface area (Å²) in [6, 6.07) is 13.6. The van der Waals surface area contributed by atoms with Crippen LogP contribution in [0.15, 0.2) is 53.0 Å². The van der Waals surface area contributed by atoms with Gasteiger partial charge in [0, 0.05) is 22.7 Å². The van der Waals surface area contributed by atoms with Gasteiger partial charge in [0.15, 0.2) is 0 Å². The number of amides is 1. The molecule has 22 heavy (non-hydrogen) atoms. The lowest BCUT2D eigenvalue weighted by Gasteiger charge is -2.08. The van der Waals surface area contributed by atoms with Crippen molar-refractivity contribution in [2.75, 3.05) is 7.11 Å². The van der Waals surface area contributed by atoms with E-state index in [2.05, 4.69) is 21.2 Å². The molecule has 114 valence electrons. The molecule has 0 aliphatic heterocycles. The van der Waals surface area contributed by atoms with Crippen LogP contribution in [-0.2, 0) is 11.3 Å². The Morgan fingerprint density at radius 2 is 2.05 bits per heavy atom. The number of para-hydroxylation sites is 1. The van der Waals surface area contributed by atoms with E-state index in [-0.39, 0.29) is 5.91 Å². The molecule has 0 heterocycles. The van der Waals surface area contributed by atoms with Gasteiger partial charge in [-0.25, -0.2) is 0 Å². The largest absolute Gasteiger partial charge is 0.496 e.